The molecular formula is C13H20O2. The third-order valence-electron chi connectivity index (χ3n) is 5.00. The van der Waals surface area contributed by atoms with Gasteiger partial charge in [-0.1, -0.05) is 0 Å². The van der Waals surface area contributed by atoms with Crippen LogP contribution in [0.2, 0.25) is 0 Å². The molecule has 0 saturated heterocycles. The summed E-state index contributed by atoms with van der Waals surface area (Å²) in [5.74, 6) is 3.54. The van der Waals surface area contributed by atoms with Crippen LogP contribution in [0, 0.1) is 23.7 Å². The maximum atomic E-state index is 11.1. The smallest absolute Gasteiger partial charge is 0.303 e. The van der Waals surface area contributed by atoms with Crippen LogP contribution in [0.3, 0.4) is 0 Å². The Morgan fingerprint density at radius 2 is 1.73 bits per heavy atom. The van der Waals surface area contributed by atoms with Gasteiger partial charge in [0.15, 0.2) is 0 Å². The minimum atomic E-state index is -0.136. The van der Waals surface area contributed by atoms with E-state index >= 15 is 0 Å². The average molecular weight is 208 g/mol. The van der Waals surface area contributed by atoms with Crippen molar-refractivity contribution in [3.05, 3.63) is 0 Å². The summed E-state index contributed by atoms with van der Waals surface area (Å²) >= 11 is 0. The number of hydrogen-bond donors (Lipinski definition) is 0. The lowest BCUT2D eigenvalue weighted by Crippen LogP contribution is -2.28. The summed E-state index contributed by atoms with van der Waals surface area (Å²) in [6.07, 6.45) is 6.58. The number of carbonyl (C=O) groups is 1. The van der Waals surface area contributed by atoms with E-state index in [2.05, 4.69) is 6.92 Å². The van der Waals surface area contributed by atoms with E-state index < -0.39 is 0 Å². The van der Waals surface area contributed by atoms with E-state index in [1.807, 2.05) is 0 Å². The van der Waals surface area contributed by atoms with Crippen LogP contribution in [0.5, 0.6) is 0 Å². The van der Waals surface area contributed by atoms with E-state index in [9.17, 15) is 4.79 Å². The predicted molar refractivity (Wildman–Crippen MR) is 57.2 cm³/mol. The second kappa shape index (κ2) is 2.99. The number of ether oxygens (including phenoxy) is 1. The zero-order chi connectivity index (χ0) is 10.6. The van der Waals surface area contributed by atoms with Crippen LogP contribution in [0.1, 0.15) is 46.0 Å². The molecule has 2 bridgehead atoms. The summed E-state index contributed by atoms with van der Waals surface area (Å²) in [6.45, 7) is 3.67. The average Bonchev–Trinajstić information content (AvgIpc) is 2.71. The van der Waals surface area contributed by atoms with Crippen molar-refractivity contribution < 1.29 is 9.53 Å². The van der Waals surface area contributed by atoms with Gasteiger partial charge in [-0.15, -0.1) is 0 Å². The van der Waals surface area contributed by atoms with Crippen LogP contribution in [-0.4, -0.2) is 11.6 Å². The molecule has 0 spiro atoms. The van der Waals surface area contributed by atoms with Crippen molar-refractivity contribution in [1.82, 2.24) is 0 Å². The molecule has 0 radical (unpaired) electrons. The fraction of sp³-hybridized carbons (Fsp3) is 0.923. The summed E-state index contributed by atoms with van der Waals surface area (Å²) in [5.41, 5.74) is -0.136. The summed E-state index contributed by atoms with van der Waals surface area (Å²) in [6, 6.07) is 0. The van der Waals surface area contributed by atoms with E-state index in [0.29, 0.717) is 0 Å². The lowest BCUT2D eigenvalue weighted by atomic mass is 9.82. The zero-order valence-electron chi connectivity index (χ0n) is 9.66. The number of rotatable bonds is 1. The molecule has 0 amide bonds. The number of carbonyl (C=O) groups excluding carboxylic acids is 1. The molecule has 3 aliphatic carbocycles. The minimum Gasteiger partial charge on any atom is -0.460 e. The van der Waals surface area contributed by atoms with Gasteiger partial charge < -0.3 is 4.74 Å². The number of esters is 1. The van der Waals surface area contributed by atoms with E-state index in [-0.39, 0.29) is 11.6 Å². The molecule has 84 valence electrons. The summed E-state index contributed by atoms with van der Waals surface area (Å²) in [4.78, 5) is 11.1. The first-order chi connectivity index (χ1) is 7.07. The lowest BCUT2D eigenvalue weighted by Gasteiger charge is -2.25. The van der Waals surface area contributed by atoms with Crippen molar-refractivity contribution in [2.45, 2.75) is 51.6 Å². The van der Waals surface area contributed by atoms with Crippen LogP contribution in [0.4, 0.5) is 0 Å². The van der Waals surface area contributed by atoms with Gasteiger partial charge in [-0.25, -0.2) is 0 Å². The number of fused-ring (bicyclic) bond motifs is 5. The van der Waals surface area contributed by atoms with Crippen molar-refractivity contribution >= 4 is 5.97 Å². The molecule has 0 N–H and O–H groups in total. The van der Waals surface area contributed by atoms with Gasteiger partial charge in [0.05, 0.1) is 0 Å². The second-order valence-electron chi connectivity index (χ2n) is 6.11. The minimum absolute atomic E-state index is 0.107. The molecule has 3 aliphatic rings. The summed E-state index contributed by atoms with van der Waals surface area (Å²) in [7, 11) is 0. The molecule has 3 rings (SSSR count). The fourth-order valence-corrected chi connectivity index (χ4v) is 4.68. The molecule has 0 aromatic rings. The van der Waals surface area contributed by atoms with Gasteiger partial charge in [-0.05, 0) is 62.7 Å². The molecule has 15 heavy (non-hydrogen) atoms. The fourth-order valence-electron chi connectivity index (χ4n) is 4.68. The first-order valence-corrected chi connectivity index (χ1v) is 6.27. The Morgan fingerprint density at radius 3 is 2.20 bits per heavy atom. The molecule has 0 aromatic carbocycles. The van der Waals surface area contributed by atoms with E-state index in [1.54, 1.807) is 0 Å². The number of hydrogen-bond acceptors (Lipinski definition) is 2. The molecule has 2 nitrogen and oxygen atoms in total. The molecule has 0 aliphatic heterocycles. The lowest BCUT2D eigenvalue weighted by molar-refractivity contribution is -0.155. The highest BCUT2D eigenvalue weighted by molar-refractivity contribution is 5.66. The van der Waals surface area contributed by atoms with Crippen LogP contribution < -0.4 is 0 Å². The molecular weight excluding hydrogens is 188 g/mol. The third-order valence-corrected chi connectivity index (χ3v) is 5.00. The Morgan fingerprint density at radius 1 is 1.20 bits per heavy atom. The largest absolute Gasteiger partial charge is 0.460 e. The van der Waals surface area contributed by atoms with Crippen LogP contribution in [0.25, 0.3) is 0 Å². The molecule has 4 atom stereocenters. The quantitative estimate of drug-likeness (QED) is 0.619. The van der Waals surface area contributed by atoms with Gasteiger partial charge in [-0.2, -0.15) is 0 Å². The van der Waals surface area contributed by atoms with Gasteiger partial charge in [-0.3, -0.25) is 4.79 Å². The van der Waals surface area contributed by atoms with Crippen LogP contribution in [0.15, 0.2) is 0 Å². The first kappa shape index (κ1) is 9.68. The van der Waals surface area contributed by atoms with E-state index in [4.69, 9.17) is 4.74 Å². The third kappa shape index (κ3) is 1.41. The van der Waals surface area contributed by atoms with E-state index in [0.717, 1.165) is 36.5 Å². The Labute approximate surface area is 91.4 Å². The van der Waals surface area contributed by atoms with Gasteiger partial charge in [0.25, 0.3) is 0 Å². The van der Waals surface area contributed by atoms with Crippen LogP contribution >= 0.6 is 0 Å². The highest BCUT2D eigenvalue weighted by Crippen LogP contribution is 2.61. The van der Waals surface area contributed by atoms with Crippen molar-refractivity contribution in [3.63, 3.8) is 0 Å². The molecule has 0 aromatic heterocycles. The maximum absolute atomic E-state index is 11.1. The van der Waals surface area contributed by atoms with Crippen molar-refractivity contribution in [2.75, 3.05) is 0 Å². The Hall–Kier alpha value is -0.530. The summed E-state index contributed by atoms with van der Waals surface area (Å²) in [5, 5.41) is 0. The monoisotopic (exact) mass is 208 g/mol. The normalized spacial score (nSPS) is 51.9. The highest BCUT2D eigenvalue weighted by Gasteiger charge is 2.56. The van der Waals surface area contributed by atoms with Crippen molar-refractivity contribution in [2.24, 2.45) is 23.7 Å². The molecule has 4 unspecified atom stereocenters. The SMILES string of the molecule is CC(=O)OC1(C)CC2C3CCC(C3)C2C1. The molecule has 0 heterocycles. The Kier molecular flexibility index (Phi) is 1.93. The molecule has 3 fully saturated rings. The van der Waals surface area contributed by atoms with Crippen molar-refractivity contribution in [1.29, 1.82) is 0 Å². The van der Waals surface area contributed by atoms with E-state index in [1.165, 1.54) is 26.2 Å². The molecule has 3 saturated carbocycles. The Bertz CT molecular complexity index is 279. The first-order valence-electron chi connectivity index (χ1n) is 6.27. The highest BCUT2D eigenvalue weighted by atomic mass is 16.6. The second-order valence-corrected chi connectivity index (χ2v) is 6.11. The van der Waals surface area contributed by atoms with Crippen LogP contribution in [-0.2, 0) is 9.53 Å². The predicted octanol–water partition coefficient (Wildman–Crippen LogP) is 2.76. The maximum Gasteiger partial charge on any atom is 0.303 e. The zero-order valence-corrected chi connectivity index (χ0v) is 9.66. The van der Waals surface area contributed by atoms with Gasteiger partial charge >= 0.3 is 5.97 Å². The topological polar surface area (TPSA) is 26.3 Å². The standard InChI is InChI=1S/C13H20O2/c1-8(14)15-13(2)6-11-9-3-4-10(5-9)12(11)7-13/h9-12H,3-7H2,1-2H3. The van der Waals surface area contributed by atoms with Crippen molar-refractivity contribution in [3.8, 4) is 0 Å². The van der Waals surface area contributed by atoms with Gasteiger partial charge in [0, 0.05) is 6.92 Å². The Balaban J connectivity index is 1.76. The van der Waals surface area contributed by atoms with Gasteiger partial charge in [0.1, 0.15) is 5.60 Å². The van der Waals surface area contributed by atoms with Gasteiger partial charge in [0.2, 0.25) is 0 Å². The summed E-state index contributed by atoms with van der Waals surface area (Å²) < 4.78 is 5.52. The molecule has 2 heteroatoms.